The van der Waals surface area contributed by atoms with Crippen LogP contribution in [0.25, 0.3) is 17.4 Å². The molecule has 0 unspecified atom stereocenters. The van der Waals surface area contributed by atoms with E-state index in [0.29, 0.717) is 17.0 Å². The van der Waals surface area contributed by atoms with Crippen molar-refractivity contribution in [1.29, 1.82) is 0 Å². The Balaban J connectivity index is 1.77. The van der Waals surface area contributed by atoms with Crippen LogP contribution in [0.3, 0.4) is 0 Å². The number of likely N-dealkylation sites (N-methyl/N-ethyl adjacent to an activating group) is 1. The van der Waals surface area contributed by atoms with E-state index in [-0.39, 0.29) is 5.91 Å². The maximum Gasteiger partial charge on any atom is 0.273 e. The summed E-state index contributed by atoms with van der Waals surface area (Å²) in [6.07, 6.45) is 9.12. The van der Waals surface area contributed by atoms with Gasteiger partial charge in [-0.25, -0.2) is 5.43 Å². The van der Waals surface area contributed by atoms with Crippen LogP contribution >= 0.6 is 0 Å². The number of nitrogens with one attached hydrogen (secondary N) is 2. The fraction of sp³-hybridized carbons (Fsp3) is 0.304. The average Bonchev–Trinajstić information content (AvgIpc) is 3.50. The van der Waals surface area contributed by atoms with E-state index in [0.717, 1.165) is 48.8 Å². The zero-order chi connectivity index (χ0) is 21.8. The lowest BCUT2D eigenvalue weighted by molar-refractivity contribution is -0.116. The molecular formula is C23H26N6O2. The second-order valence-electron chi connectivity index (χ2n) is 7.32. The topological polar surface area (TPSA) is 99.4 Å². The number of carbonyl (C=O) groups is 1. The lowest BCUT2D eigenvalue weighted by atomic mass is 10.00. The summed E-state index contributed by atoms with van der Waals surface area (Å²) in [5.41, 5.74) is 8.01. The molecule has 1 aliphatic rings. The van der Waals surface area contributed by atoms with Crippen molar-refractivity contribution in [1.82, 2.24) is 25.3 Å². The minimum absolute atomic E-state index is 0.275. The number of aryl methyl sites for hydroxylation is 1. The third-order valence-electron chi connectivity index (χ3n) is 5.55. The van der Waals surface area contributed by atoms with Crippen molar-refractivity contribution in [3.63, 3.8) is 0 Å². The minimum Gasteiger partial charge on any atom is -0.464 e. The van der Waals surface area contributed by atoms with Crippen LogP contribution in [0.2, 0.25) is 0 Å². The number of furan rings is 1. The van der Waals surface area contributed by atoms with Crippen LogP contribution in [0.15, 0.2) is 52.1 Å². The number of nitrogens with zero attached hydrogens (tertiary/aromatic N) is 4. The van der Waals surface area contributed by atoms with Gasteiger partial charge in [-0.05, 0) is 50.2 Å². The number of hydrogen-bond donors (Lipinski definition) is 2. The van der Waals surface area contributed by atoms with Crippen molar-refractivity contribution >= 4 is 17.7 Å². The highest BCUT2D eigenvalue weighted by atomic mass is 16.3. The van der Waals surface area contributed by atoms with Gasteiger partial charge in [-0.2, -0.15) is 5.10 Å². The van der Waals surface area contributed by atoms with E-state index in [1.54, 1.807) is 24.9 Å². The Kier molecular flexibility index (Phi) is 6.08. The lowest BCUT2D eigenvalue weighted by Gasteiger charge is -2.18. The number of aromatic amines is 1. The Hall–Kier alpha value is -3.52. The second kappa shape index (κ2) is 9.09. The highest BCUT2D eigenvalue weighted by molar-refractivity contribution is 6.32. The number of amides is 1. The van der Waals surface area contributed by atoms with Gasteiger partial charge in [0.05, 0.1) is 23.7 Å². The molecule has 8 nitrogen and oxygen atoms in total. The molecule has 4 heterocycles. The minimum atomic E-state index is -0.275. The lowest BCUT2D eigenvalue weighted by Crippen LogP contribution is -2.25. The van der Waals surface area contributed by atoms with Gasteiger partial charge in [0.2, 0.25) is 0 Å². The van der Waals surface area contributed by atoms with Crippen molar-refractivity contribution in [2.24, 2.45) is 5.10 Å². The molecule has 0 aromatic carbocycles. The molecule has 160 valence electrons. The van der Waals surface area contributed by atoms with Crippen molar-refractivity contribution < 1.29 is 9.21 Å². The molecule has 31 heavy (non-hydrogen) atoms. The van der Waals surface area contributed by atoms with E-state index < -0.39 is 0 Å². The molecule has 0 radical (unpaired) electrons. The number of rotatable bonds is 8. The molecule has 4 rings (SSSR count). The largest absolute Gasteiger partial charge is 0.464 e. The van der Waals surface area contributed by atoms with Crippen molar-refractivity contribution in [3.05, 3.63) is 65.2 Å². The zero-order valence-corrected chi connectivity index (χ0v) is 18.0. The van der Waals surface area contributed by atoms with Gasteiger partial charge in [0.25, 0.3) is 5.91 Å². The molecule has 1 amide bonds. The summed E-state index contributed by atoms with van der Waals surface area (Å²) < 4.78 is 5.76. The van der Waals surface area contributed by atoms with Crippen molar-refractivity contribution in [2.75, 3.05) is 19.6 Å². The predicted octanol–water partition coefficient (Wildman–Crippen LogP) is 3.17. The highest BCUT2D eigenvalue weighted by Gasteiger charge is 2.27. The summed E-state index contributed by atoms with van der Waals surface area (Å²) in [6.45, 7) is 9.35. The van der Waals surface area contributed by atoms with Gasteiger partial charge in [0.1, 0.15) is 17.2 Å². The van der Waals surface area contributed by atoms with Gasteiger partial charge in [-0.15, -0.1) is 0 Å². The Labute approximate surface area is 181 Å². The van der Waals surface area contributed by atoms with E-state index in [4.69, 9.17) is 4.42 Å². The van der Waals surface area contributed by atoms with Gasteiger partial charge < -0.3 is 14.3 Å². The summed E-state index contributed by atoms with van der Waals surface area (Å²) in [5, 5.41) is 4.17. The first-order valence-corrected chi connectivity index (χ1v) is 10.5. The standard InChI is InChI=1S/C23H26N6O2/c1-4-29(5-2)11-8-16-15(3)26-18(21(16)20-7-6-12-31-20)13-17-22(27-28-23(17)30)19-14-24-9-10-25-19/h6-7,9-10,12-14,26H,4-5,8,11H2,1-3H3,(H,28,30)/b17-13+. The van der Waals surface area contributed by atoms with Crippen molar-refractivity contribution in [2.45, 2.75) is 27.2 Å². The van der Waals surface area contributed by atoms with E-state index in [1.807, 2.05) is 18.2 Å². The van der Waals surface area contributed by atoms with Gasteiger partial charge >= 0.3 is 0 Å². The van der Waals surface area contributed by atoms with E-state index in [2.05, 4.69) is 51.2 Å². The molecule has 0 spiro atoms. The van der Waals surface area contributed by atoms with Crippen LogP contribution in [0.1, 0.15) is 36.5 Å². The van der Waals surface area contributed by atoms with Gasteiger partial charge in [-0.1, -0.05) is 13.8 Å². The first-order chi connectivity index (χ1) is 15.1. The Bertz CT molecular complexity index is 1110. The molecule has 0 atom stereocenters. The number of hydrogen-bond acceptors (Lipinski definition) is 6. The normalized spacial score (nSPS) is 15.0. The number of H-pyrrole nitrogens is 1. The summed E-state index contributed by atoms with van der Waals surface area (Å²) in [4.78, 5) is 26.8. The van der Waals surface area contributed by atoms with E-state index in [9.17, 15) is 4.79 Å². The predicted molar refractivity (Wildman–Crippen MR) is 119 cm³/mol. The fourth-order valence-corrected chi connectivity index (χ4v) is 3.85. The summed E-state index contributed by atoms with van der Waals surface area (Å²) in [5.74, 6) is 0.491. The molecule has 8 heteroatoms. The summed E-state index contributed by atoms with van der Waals surface area (Å²) in [7, 11) is 0. The van der Waals surface area contributed by atoms with Crippen LogP contribution in [0, 0.1) is 6.92 Å². The van der Waals surface area contributed by atoms with Gasteiger partial charge in [-0.3, -0.25) is 14.8 Å². The maximum atomic E-state index is 12.6. The first kappa shape index (κ1) is 20.7. The monoisotopic (exact) mass is 418 g/mol. The fourth-order valence-electron chi connectivity index (χ4n) is 3.85. The molecule has 0 aliphatic carbocycles. The summed E-state index contributed by atoms with van der Waals surface area (Å²) >= 11 is 0. The third-order valence-corrected chi connectivity index (χ3v) is 5.55. The van der Waals surface area contributed by atoms with Crippen LogP contribution < -0.4 is 5.43 Å². The van der Waals surface area contributed by atoms with Crippen molar-refractivity contribution in [3.8, 4) is 11.3 Å². The molecular weight excluding hydrogens is 392 g/mol. The SMILES string of the molecule is CCN(CC)CCc1c(C)[nH]c(/C=C2/C(=O)NN=C2c2cnccn2)c1-c1ccco1. The smallest absolute Gasteiger partial charge is 0.273 e. The van der Waals surface area contributed by atoms with Crippen LogP contribution in [-0.4, -0.2) is 51.1 Å². The molecule has 0 fully saturated rings. The molecule has 0 bridgehead atoms. The molecule has 3 aromatic rings. The average molecular weight is 419 g/mol. The number of hydrazone groups is 1. The number of carbonyl (C=O) groups excluding carboxylic acids is 1. The van der Waals surface area contributed by atoms with Crippen LogP contribution in [0.5, 0.6) is 0 Å². The Morgan fingerprint density at radius 1 is 1.23 bits per heavy atom. The molecule has 1 aliphatic heterocycles. The number of aromatic nitrogens is 3. The van der Waals surface area contributed by atoms with Gasteiger partial charge in [0, 0.05) is 30.2 Å². The first-order valence-electron chi connectivity index (χ1n) is 10.5. The molecule has 0 saturated carbocycles. The molecule has 2 N–H and O–H groups in total. The van der Waals surface area contributed by atoms with Crippen LogP contribution in [0.4, 0.5) is 0 Å². The second-order valence-corrected chi connectivity index (χ2v) is 7.32. The third kappa shape index (κ3) is 4.20. The van der Waals surface area contributed by atoms with Crippen LogP contribution in [-0.2, 0) is 11.2 Å². The van der Waals surface area contributed by atoms with E-state index >= 15 is 0 Å². The maximum absolute atomic E-state index is 12.6. The quantitative estimate of drug-likeness (QED) is 0.548. The molecule has 3 aromatic heterocycles. The Morgan fingerprint density at radius 2 is 2.06 bits per heavy atom. The summed E-state index contributed by atoms with van der Waals surface area (Å²) in [6, 6.07) is 3.81. The zero-order valence-electron chi connectivity index (χ0n) is 18.0. The van der Waals surface area contributed by atoms with E-state index in [1.165, 1.54) is 5.56 Å². The molecule has 0 saturated heterocycles. The Morgan fingerprint density at radius 3 is 2.74 bits per heavy atom. The van der Waals surface area contributed by atoms with Gasteiger partial charge in [0.15, 0.2) is 0 Å². The highest BCUT2D eigenvalue weighted by Crippen LogP contribution is 2.33.